The number of hydrogen-bond donors (Lipinski definition) is 1. The molecule has 6 nitrogen and oxygen atoms in total. The van der Waals surface area contributed by atoms with Crippen LogP contribution in [-0.2, 0) is 14.6 Å². The van der Waals surface area contributed by atoms with E-state index < -0.39 is 26.7 Å². The van der Waals surface area contributed by atoms with Crippen LogP contribution in [0.25, 0.3) is 0 Å². The van der Waals surface area contributed by atoms with Gasteiger partial charge in [0.05, 0.1) is 5.25 Å². The largest absolute Gasteiger partial charge is 0.358 e. The molecule has 1 heterocycles. The Morgan fingerprint density at radius 1 is 1.30 bits per heavy atom. The maximum atomic E-state index is 12.4. The second kappa shape index (κ2) is 7.31. The predicted molar refractivity (Wildman–Crippen MR) is 88.2 cm³/mol. The molecular weight excluding hydrogens is 340 g/mol. The molecule has 1 saturated heterocycles. The molecule has 0 saturated carbocycles. The Morgan fingerprint density at radius 2 is 1.96 bits per heavy atom. The van der Waals surface area contributed by atoms with Crippen LogP contribution in [0.4, 0.5) is 0 Å². The fraction of sp³-hybridized carbons (Fsp3) is 0.467. The number of likely N-dealkylation sites (tertiary alicyclic amines) is 1. The van der Waals surface area contributed by atoms with Gasteiger partial charge in [0.1, 0.15) is 5.75 Å². The van der Waals surface area contributed by atoms with Gasteiger partial charge in [-0.3, -0.25) is 9.59 Å². The van der Waals surface area contributed by atoms with Crippen LogP contribution in [0.5, 0.6) is 0 Å². The van der Waals surface area contributed by atoms with Gasteiger partial charge in [-0.15, -0.1) is 0 Å². The highest BCUT2D eigenvalue weighted by atomic mass is 35.5. The molecule has 1 N–H and O–H groups in total. The molecule has 2 amide bonds. The fourth-order valence-corrected chi connectivity index (χ4v) is 4.46. The van der Waals surface area contributed by atoms with Crippen molar-refractivity contribution in [3.63, 3.8) is 0 Å². The van der Waals surface area contributed by atoms with Gasteiger partial charge in [-0.1, -0.05) is 17.7 Å². The summed E-state index contributed by atoms with van der Waals surface area (Å²) in [6, 6.07) is 6.67. The van der Waals surface area contributed by atoms with E-state index in [-0.39, 0.29) is 5.91 Å². The molecular formula is C15H19ClN2O4S. The topological polar surface area (TPSA) is 83.6 Å². The van der Waals surface area contributed by atoms with Crippen molar-refractivity contribution in [2.24, 2.45) is 0 Å². The number of amides is 2. The van der Waals surface area contributed by atoms with Gasteiger partial charge in [-0.2, -0.15) is 0 Å². The van der Waals surface area contributed by atoms with Crippen molar-refractivity contribution in [2.45, 2.75) is 18.1 Å². The Morgan fingerprint density at radius 3 is 2.52 bits per heavy atom. The first kappa shape index (κ1) is 17.7. The summed E-state index contributed by atoms with van der Waals surface area (Å²) in [4.78, 5) is 25.3. The van der Waals surface area contributed by atoms with Crippen molar-refractivity contribution in [1.82, 2.24) is 10.2 Å². The first-order valence-electron chi connectivity index (χ1n) is 7.30. The van der Waals surface area contributed by atoms with E-state index >= 15 is 0 Å². The molecule has 126 valence electrons. The van der Waals surface area contributed by atoms with E-state index in [2.05, 4.69) is 5.32 Å². The average Bonchev–Trinajstić information content (AvgIpc) is 2.53. The van der Waals surface area contributed by atoms with Gasteiger partial charge in [0, 0.05) is 30.7 Å². The van der Waals surface area contributed by atoms with E-state index in [1.165, 1.54) is 7.05 Å². The van der Waals surface area contributed by atoms with Gasteiger partial charge in [0.25, 0.3) is 5.91 Å². The van der Waals surface area contributed by atoms with Crippen LogP contribution in [-0.4, -0.2) is 56.3 Å². The van der Waals surface area contributed by atoms with Crippen molar-refractivity contribution in [3.8, 4) is 0 Å². The zero-order valence-electron chi connectivity index (χ0n) is 12.8. The maximum Gasteiger partial charge on any atom is 0.253 e. The zero-order chi connectivity index (χ0) is 17.0. The molecule has 0 aromatic heterocycles. The highest BCUT2D eigenvalue weighted by molar-refractivity contribution is 7.92. The van der Waals surface area contributed by atoms with Crippen LogP contribution in [0.2, 0.25) is 5.02 Å². The molecule has 0 unspecified atom stereocenters. The molecule has 0 bridgehead atoms. The quantitative estimate of drug-likeness (QED) is 0.873. The summed E-state index contributed by atoms with van der Waals surface area (Å²) in [5.41, 5.74) is 0.490. The van der Waals surface area contributed by atoms with Crippen molar-refractivity contribution in [1.29, 1.82) is 0 Å². The van der Waals surface area contributed by atoms with Crippen LogP contribution in [0.3, 0.4) is 0 Å². The average molecular weight is 359 g/mol. The molecule has 2 rings (SSSR count). The summed E-state index contributed by atoms with van der Waals surface area (Å²) in [5.74, 6) is -1.17. The Balaban J connectivity index is 1.98. The van der Waals surface area contributed by atoms with E-state index in [0.29, 0.717) is 36.5 Å². The molecule has 1 aliphatic heterocycles. The third kappa shape index (κ3) is 4.45. The van der Waals surface area contributed by atoms with E-state index in [0.717, 1.165) is 0 Å². The first-order chi connectivity index (χ1) is 10.8. The van der Waals surface area contributed by atoms with Gasteiger partial charge in [0.2, 0.25) is 5.91 Å². The minimum Gasteiger partial charge on any atom is -0.358 e. The third-order valence-corrected chi connectivity index (χ3v) is 6.31. The molecule has 1 aliphatic rings. The predicted octanol–water partition coefficient (Wildman–Crippen LogP) is 1.11. The van der Waals surface area contributed by atoms with Crippen LogP contribution < -0.4 is 5.32 Å². The number of nitrogens with one attached hydrogen (secondary N) is 1. The minimum atomic E-state index is -3.49. The summed E-state index contributed by atoms with van der Waals surface area (Å²) < 4.78 is 24.3. The Labute approximate surface area is 140 Å². The normalized spacial score (nSPS) is 16.2. The van der Waals surface area contributed by atoms with Crippen LogP contribution >= 0.6 is 11.6 Å². The summed E-state index contributed by atoms with van der Waals surface area (Å²) in [6.45, 7) is 0.700. The maximum absolute atomic E-state index is 12.4. The fourth-order valence-electron chi connectivity index (χ4n) is 2.59. The van der Waals surface area contributed by atoms with E-state index in [9.17, 15) is 18.0 Å². The number of carbonyl (C=O) groups is 2. The lowest BCUT2D eigenvalue weighted by atomic mass is 10.1. The monoisotopic (exact) mass is 358 g/mol. The van der Waals surface area contributed by atoms with Crippen LogP contribution in [0, 0.1) is 0 Å². The van der Waals surface area contributed by atoms with E-state index in [4.69, 9.17) is 11.6 Å². The van der Waals surface area contributed by atoms with E-state index in [1.807, 2.05) is 0 Å². The number of benzene rings is 1. The van der Waals surface area contributed by atoms with Crippen molar-refractivity contribution < 1.29 is 18.0 Å². The van der Waals surface area contributed by atoms with Crippen LogP contribution in [0.15, 0.2) is 24.3 Å². The molecule has 1 aromatic carbocycles. The van der Waals surface area contributed by atoms with Crippen molar-refractivity contribution >= 4 is 33.3 Å². The Kier molecular flexibility index (Phi) is 5.64. The summed E-state index contributed by atoms with van der Waals surface area (Å²) in [6.07, 6.45) is 0.678. The molecule has 0 aliphatic carbocycles. The lowest BCUT2D eigenvalue weighted by molar-refractivity contribution is -0.118. The highest BCUT2D eigenvalue weighted by Gasteiger charge is 2.33. The van der Waals surface area contributed by atoms with Crippen molar-refractivity contribution in [2.75, 3.05) is 25.9 Å². The number of nitrogens with zero attached hydrogens (tertiary/aromatic N) is 1. The second-order valence-corrected chi connectivity index (χ2v) is 8.20. The number of hydrogen-bond acceptors (Lipinski definition) is 4. The standard InChI is InChI=1S/C15H19ClN2O4S/c1-17-14(19)10-23(21,22)13-5-7-18(8-6-13)15(20)11-3-2-4-12(16)9-11/h2-4,9,13H,5-8,10H2,1H3,(H,17,19). The lowest BCUT2D eigenvalue weighted by Crippen LogP contribution is -2.44. The second-order valence-electron chi connectivity index (χ2n) is 5.48. The van der Waals surface area contributed by atoms with Gasteiger partial charge in [-0.05, 0) is 31.0 Å². The Hall–Kier alpha value is -1.60. The highest BCUT2D eigenvalue weighted by Crippen LogP contribution is 2.21. The summed E-state index contributed by atoms with van der Waals surface area (Å²) in [7, 11) is -2.08. The molecule has 0 atom stereocenters. The number of rotatable bonds is 4. The summed E-state index contributed by atoms with van der Waals surface area (Å²) in [5, 5.41) is 2.22. The first-order valence-corrected chi connectivity index (χ1v) is 9.40. The molecule has 0 radical (unpaired) electrons. The Bertz CT molecular complexity index is 697. The van der Waals surface area contributed by atoms with E-state index in [1.54, 1.807) is 29.2 Å². The number of halogens is 1. The number of sulfone groups is 1. The van der Waals surface area contributed by atoms with Gasteiger partial charge in [0.15, 0.2) is 9.84 Å². The van der Waals surface area contributed by atoms with Gasteiger partial charge in [-0.25, -0.2) is 8.42 Å². The lowest BCUT2D eigenvalue weighted by Gasteiger charge is -2.31. The third-order valence-electron chi connectivity index (χ3n) is 3.92. The molecule has 23 heavy (non-hydrogen) atoms. The zero-order valence-corrected chi connectivity index (χ0v) is 14.4. The number of piperidine rings is 1. The van der Waals surface area contributed by atoms with Gasteiger partial charge >= 0.3 is 0 Å². The molecule has 1 aromatic rings. The molecule has 8 heteroatoms. The smallest absolute Gasteiger partial charge is 0.253 e. The summed E-state index contributed by atoms with van der Waals surface area (Å²) >= 11 is 5.89. The van der Waals surface area contributed by atoms with Crippen LogP contribution in [0.1, 0.15) is 23.2 Å². The molecule has 1 fully saturated rings. The SMILES string of the molecule is CNC(=O)CS(=O)(=O)C1CCN(C(=O)c2cccc(Cl)c2)CC1. The van der Waals surface area contributed by atoms with Gasteiger partial charge < -0.3 is 10.2 Å². The minimum absolute atomic E-state index is 0.158. The van der Waals surface area contributed by atoms with Crippen molar-refractivity contribution in [3.05, 3.63) is 34.9 Å². The number of carbonyl (C=O) groups excluding carboxylic acids is 2. The molecule has 0 spiro atoms.